The Morgan fingerprint density at radius 2 is 1.91 bits per heavy atom. The first-order valence-corrected chi connectivity index (χ1v) is 11.5. The molecule has 0 saturated carbocycles. The number of carbonyl (C=O) groups is 2. The Morgan fingerprint density at radius 3 is 2.61 bits per heavy atom. The fraction of sp³-hybridized carbons (Fsp3) is 0.400. The third-order valence-corrected chi connectivity index (χ3v) is 5.99. The Morgan fingerprint density at radius 1 is 1.18 bits per heavy atom. The van der Waals surface area contributed by atoms with Gasteiger partial charge in [-0.25, -0.2) is 9.07 Å². The van der Waals surface area contributed by atoms with E-state index < -0.39 is 0 Å². The van der Waals surface area contributed by atoms with Crippen LogP contribution in [0, 0.1) is 17.7 Å². The lowest BCUT2D eigenvalue weighted by Crippen LogP contribution is -2.45. The van der Waals surface area contributed by atoms with Gasteiger partial charge in [0.05, 0.1) is 17.8 Å². The highest BCUT2D eigenvalue weighted by atomic mass is 19.1. The van der Waals surface area contributed by atoms with Gasteiger partial charge in [-0.15, -0.1) is 0 Å². The van der Waals surface area contributed by atoms with Crippen LogP contribution in [0.3, 0.4) is 0 Å². The standard InChI is InChI=1S/C25H30FN5O2/c1-18(2)11-12-27-23(32)19-6-5-15-30(17-19)25(33)22-16-28-31(21-9-7-20(26)8-10-21)24(22)29-13-3-4-14-29/h3-4,7-10,13-14,16,18-19H,5-6,11-12,15,17H2,1-2H3,(H,27,32). The molecule has 0 bridgehead atoms. The van der Waals surface area contributed by atoms with E-state index in [-0.39, 0.29) is 23.5 Å². The molecule has 4 rings (SSSR count). The molecule has 1 N–H and O–H groups in total. The van der Waals surface area contributed by atoms with E-state index in [1.807, 2.05) is 29.1 Å². The summed E-state index contributed by atoms with van der Waals surface area (Å²) in [5.41, 5.74) is 1.09. The van der Waals surface area contributed by atoms with Gasteiger partial charge in [-0.3, -0.25) is 9.59 Å². The van der Waals surface area contributed by atoms with Crippen molar-refractivity contribution in [3.8, 4) is 11.5 Å². The third-order valence-electron chi connectivity index (χ3n) is 5.99. The minimum atomic E-state index is -0.337. The molecule has 1 aromatic carbocycles. The molecule has 3 heterocycles. The number of nitrogens with one attached hydrogen (secondary N) is 1. The van der Waals surface area contributed by atoms with Crippen molar-refractivity contribution in [3.63, 3.8) is 0 Å². The van der Waals surface area contributed by atoms with Gasteiger partial charge in [-0.2, -0.15) is 5.10 Å². The first-order chi connectivity index (χ1) is 15.9. The molecule has 1 unspecified atom stereocenters. The molecule has 0 radical (unpaired) electrons. The molecule has 0 aliphatic carbocycles. The average molecular weight is 452 g/mol. The monoisotopic (exact) mass is 451 g/mol. The molecule has 1 atom stereocenters. The highest BCUT2D eigenvalue weighted by Gasteiger charge is 2.31. The second-order valence-corrected chi connectivity index (χ2v) is 8.92. The summed E-state index contributed by atoms with van der Waals surface area (Å²) >= 11 is 0. The van der Waals surface area contributed by atoms with Crippen LogP contribution in [0.5, 0.6) is 0 Å². The van der Waals surface area contributed by atoms with Gasteiger partial charge in [0.1, 0.15) is 11.4 Å². The average Bonchev–Trinajstić information content (AvgIpc) is 3.49. The molecule has 1 saturated heterocycles. The number of aromatic nitrogens is 3. The van der Waals surface area contributed by atoms with Crippen molar-refractivity contribution in [2.75, 3.05) is 19.6 Å². The van der Waals surface area contributed by atoms with Crippen molar-refractivity contribution in [2.24, 2.45) is 11.8 Å². The first kappa shape index (κ1) is 22.8. The summed E-state index contributed by atoms with van der Waals surface area (Å²) in [7, 11) is 0. The Kier molecular flexibility index (Phi) is 6.91. The molecule has 1 fully saturated rings. The third kappa shape index (κ3) is 5.16. The molecule has 3 aromatic rings. The summed E-state index contributed by atoms with van der Waals surface area (Å²) in [4.78, 5) is 28.0. The molecule has 33 heavy (non-hydrogen) atoms. The molecule has 8 heteroatoms. The van der Waals surface area contributed by atoms with Crippen LogP contribution in [0.25, 0.3) is 11.5 Å². The van der Waals surface area contributed by atoms with Gasteiger partial charge in [0.2, 0.25) is 5.91 Å². The van der Waals surface area contributed by atoms with Crippen LogP contribution in [0.4, 0.5) is 4.39 Å². The lowest BCUT2D eigenvalue weighted by atomic mass is 9.96. The van der Waals surface area contributed by atoms with Crippen LogP contribution in [-0.4, -0.2) is 50.7 Å². The smallest absolute Gasteiger partial charge is 0.259 e. The highest BCUT2D eigenvalue weighted by molar-refractivity contribution is 5.97. The Bertz CT molecular complexity index is 1090. The van der Waals surface area contributed by atoms with Crippen LogP contribution >= 0.6 is 0 Å². The van der Waals surface area contributed by atoms with E-state index in [1.165, 1.54) is 12.1 Å². The van der Waals surface area contributed by atoms with E-state index in [1.54, 1.807) is 27.9 Å². The zero-order valence-corrected chi connectivity index (χ0v) is 19.1. The molecule has 2 amide bonds. The van der Waals surface area contributed by atoms with Crippen LogP contribution in [0.2, 0.25) is 0 Å². The number of nitrogens with zero attached hydrogens (tertiary/aromatic N) is 4. The highest BCUT2D eigenvalue weighted by Crippen LogP contribution is 2.24. The van der Waals surface area contributed by atoms with Crippen molar-refractivity contribution in [2.45, 2.75) is 33.1 Å². The van der Waals surface area contributed by atoms with Crippen molar-refractivity contribution >= 4 is 11.8 Å². The Balaban J connectivity index is 1.56. The predicted molar refractivity (Wildman–Crippen MR) is 124 cm³/mol. The summed E-state index contributed by atoms with van der Waals surface area (Å²) in [6.07, 6.45) is 7.72. The number of hydrogen-bond acceptors (Lipinski definition) is 3. The van der Waals surface area contributed by atoms with Crippen LogP contribution in [0.15, 0.2) is 55.0 Å². The molecule has 0 spiro atoms. The number of carbonyl (C=O) groups excluding carboxylic acids is 2. The van der Waals surface area contributed by atoms with Crippen molar-refractivity contribution in [1.29, 1.82) is 0 Å². The van der Waals surface area contributed by atoms with E-state index in [0.29, 0.717) is 42.6 Å². The molecule has 1 aliphatic heterocycles. The van der Waals surface area contributed by atoms with Gasteiger partial charge in [0.15, 0.2) is 5.82 Å². The van der Waals surface area contributed by atoms with Gasteiger partial charge in [0.25, 0.3) is 5.91 Å². The van der Waals surface area contributed by atoms with Crippen LogP contribution in [-0.2, 0) is 4.79 Å². The maximum Gasteiger partial charge on any atom is 0.259 e. The Hall–Kier alpha value is -3.42. The van der Waals surface area contributed by atoms with Crippen molar-refractivity contribution in [3.05, 3.63) is 66.4 Å². The zero-order chi connectivity index (χ0) is 23.4. The maximum absolute atomic E-state index is 13.6. The van der Waals surface area contributed by atoms with Crippen LogP contribution in [0.1, 0.15) is 43.5 Å². The lowest BCUT2D eigenvalue weighted by Gasteiger charge is -2.32. The fourth-order valence-corrected chi connectivity index (χ4v) is 4.16. The molecule has 174 valence electrons. The van der Waals surface area contributed by atoms with Crippen molar-refractivity contribution in [1.82, 2.24) is 24.6 Å². The number of hydrogen-bond donors (Lipinski definition) is 1. The van der Waals surface area contributed by atoms with Crippen LogP contribution < -0.4 is 5.32 Å². The van der Waals surface area contributed by atoms with E-state index in [2.05, 4.69) is 24.3 Å². The van der Waals surface area contributed by atoms with E-state index >= 15 is 0 Å². The van der Waals surface area contributed by atoms with Gasteiger partial charge in [-0.1, -0.05) is 13.8 Å². The number of halogens is 1. The van der Waals surface area contributed by atoms with Gasteiger partial charge in [-0.05, 0) is 61.6 Å². The van der Waals surface area contributed by atoms with Gasteiger partial charge >= 0.3 is 0 Å². The van der Waals surface area contributed by atoms with E-state index in [4.69, 9.17) is 0 Å². The molecule has 2 aromatic heterocycles. The second-order valence-electron chi connectivity index (χ2n) is 8.92. The largest absolute Gasteiger partial charge is 0.356 e. The lowest BCUT2D eigenvalue weighted by molar-refractivity contribution is -0.126. The topological polar surface area (TPSA) is 72.2 Å². The summed E-state index contributed by atoms with van der Waals surface area (Å²) in [6.45, 7) is 5.90. The van der Waals surface area contributed by atoms with Gasteiger partial charge < -0.3 is 14.8 Å². The first-order valence-electron chi connectivity index (χ1n) is 11.5. The number of likely N-dealkylation sites (tertiary alicyclic amines) is 1. The fourth-order valence-electron chi connectivity index (χ4n) is 4.16. The predicted octanol–water partition coefficient (Wildman–Crippen LogP) is 3.82. The second kappa shape index (κ2) is 10.0. The number of piperidine rings is 1. The summed E-state index contributed by atoms with van der Waals surface area (Å²) in [5, 5.41) is 7.46. The normalized spacial score (nSPS) is 16.2. The summed E-state index contributed by atoms with van der Waals surface area (Å²) in [6, 6.07) is 9.73. The number of rotatable bonds is 7. The minimum absolute atomic E-state index is 0.0146. The quantitative estimate of drug-likeness (QED) is 0.594. The molecule has 7 nitrogen and oxygen atoms in total. The summed E-state index contributed by atoms with van der Waals surface area (Å²) in [5.74, 6) is 0.417. The SMILES string of the molecule is CC(C)CCNC(=O)C1CCCN(C(=O)c2cnn(-c3ccc(F)cc3)c2-n2cccc2)C1. The number of benzene rings is 1. The van der Waals surface area contributed by atoms with E-state index in [0.717, 1.165) is 19.3 Å². The minimum Gasteiger partial charge on any atom is -0.356 e. The zero-order valence-electron chi connectivity index (χ0n) is 19.1. The Labute approximate surface area is 193 Å². The van der Waals surface area contributed by atoms with E-state index in [9.17, 15) is 14.0 Å². The maximum atomic E-state index is 13.6. The summed E-state index contributed by atoms with van der Waals surface area (Å²) < 4.78 is 16.9. The molecular formula is C25H30FN5O2. The number of amides is 2. The molecular weight excluding hydrogens is 421 g/mol. The van der Waals surface area contributed by atoms with Gasteiger partial charge in [0, 0.05) is 32.0 Å². The molecule has 1 aliphatic rings. The van der Waals surface area contributed by atoms with Crippen molar-refractivity contribution < 1.29 is 14.0 Å².